The summed E-state index contributed by atoms with van der Waals surface area (Å²) < 4.78 is 56.2. The first-order valence-electron chi connectivity index (χ1n) is 6.06. The quantitative estimate of drug-likeness (QED) is 0.830. The van der Waals surface area contributed by atoms with Crippen LogP contribution in [-0.2, 0) is 0 Å². The van der Waals surface area contributed by atoms with Gasteiger partial charge in [0.15, 0.2) is 0 Å². The van der Waals surface area contributed by atoms with Gasteiger partial charge in [0, 0.05) is 11.6 Å². The number of methoxy groups -OCH3 is 1. The normalized spacial score (nSPS) is 21.1. The Kier molecular flexibility index (Phi) is 4.27. The van der Waals surface area contributed by atoms with Crippen LogP contribution in [-0.4, -0.2) is 41.7 Å². The minimum atomic E-state index is -3.47. The molecule has 120 valence electrons. The van der Waals surface area contributed by atoms with Crippen molar-refractivity contribution >= 4 is 5.91 Å². The zero-order valence-corrected chi connectivity index (χ0v) is 11.3. The summed E-state index contributed by atoms with van der Waals surface area (Å²) in [4.78, 5) is 12.2. The molecule has 0 radical (unpaired) electrons. The van der Waals surface area contributed by atoms with Crippen molar-refractivity contribution in [1.29, 1.82) is 0 Å². The predicted octanol–water partition coefficient (Wildman–Crippen LogP) is 1.76. The summed E-state index contributed by atoms with van der Waals surface area (Å²) in [5.41, 5.74) is -2.38. The fourth-order valence-electron chi connectivity index (χ4n) is 1.89. The van der Waals surface area contributed by atoms with Crippen LogP contribution in [0.25, 0.3) is 0 Å². The number of aliphatic hydroxyl groups is 1. The number of hydrogen-bond acceptors (Lipinski definition) is 4. The fraction of sp³-hybridized carbons (Fsp3) is 0.308. The van der Waals surface area contributed by atoms with E-state index in [4.69, 9.17) is 4.74 Å². The maximum Gasteiger partial charge on any atom is 0.291 e. The van der Waals surface area contributed by atoms with E-state index in [-0.39, 0.29) is 16.6 Å². The monoisotopic (exact) mass is 320 g/mol. The first kappa shape index (κ1) is 16.1. The number of rotatable bonds is 4. The van der Waals surface area contributed by atoms with Gasteiger partial charge < -0.3 is 9.84 Å². The van der Waals surface area contributed by atoms with Crippen LogP contribution in [0.1, 0.15) is 10.4 Å². The molecule has 5 nitrogen and oxygen atoms in total. The topological polar surface area (TPSA) is 61.8 Å². The van der Waals surface area contributed by atoms with Gasteiger partial charge in [-0.1, -0.05) is 0 Å². The molecule has 0 aliphatic carbocycles. The van der Waals surface area contributed by atoms with Gasteiger partial charge in [0.05, 0.1) is 12.8 Å². The second-order valence-corrected chi connectivity index (χ2v) is 4.47. The molecule has 0 saturated carbocycles. The largest absolute Gasteiger partial charge is 0.497 e. The maximum absolute atomic E-state index is 13.0. The number of hydrogen-bond donors (Lipinski definition) is 2. The van der Waals surface area contributed by atoms with E-state index in [2.05, 4.69) is 0 Å². The number of benzene rings is 1. The molecule has 1 aromatic rings. The maximum atomic E-state index is 13.0. The summed E-state index contributed by atoms with van der Waals surface area (Å²) in [6.45, 7) is 0. The van der Waals surface area contributed by atoms with E-state index in [1.807, 2.05) is 5.43 Å². The van der Waals surface area contributed by atoms with Crippen LogP contribution in [0, 0.1) is 0 Å². The third-order valence-electron chi connectivity index (χ3n) is 3.06. The lowest BCUT2D eigenvalue weighted by Crippen LogP contribution is -2.56. The second kappa shape index (κ2) is 5.84. The van der Waals surface area contributed by atoms with E-state index in [1.54, 1.807) is 0 Å². The van der Waals surface area contributed by atoms with Gasteiger partial charge >= 0.3 is 0 Å². The lowest BCUT2D eigenvalue weighted by atomic mass is 10.1. The molecule has 0 fully saturated rings. The number of amides is 1. The van der Waals surface area contributed by atoms with Gasteiger partial charge in [-0.3, -0.25) is 10.2 Å². The van der Waals surface area contributed by atoms with Crippen molar-refractivity contribution in [3.63, 3.8) is 0 Å². The highest BCUT2D eigenvalue weighted by molar-refractivity contribution is 5.95. The number of hydrazine groups is 1. The molecule has 1 heterocycles. The van der Waals surface area contributed by atoms with Crippen LogP contribution in [0.15, 0.2) is 36.0 Å². The Morgan fingerprint density at radius 1 is 1.27 bits per heavy atom. The number of allylic oxidation sites excluding steroid dienone is 1. The Morgan fingerprint density at radius 3 is 2.32 bits per heavy atom. The molecule has 1 atom stereocenters. The van der Waals surface area contributed by atoms with Crippen LogP contribution in [0.5, 0.6) is 5.75 Å². The molecule has 2 rings (SSSR count). The van der Waals surface area contributed by atoms with E-state index in [0.717, 1.165) is 0 Å². The van der Waals surface area contributed by atoms with Gasteiger partial charge in [-0.05, 0) is 24.3 Å². The van der Waals surface area contributed by atoms with Crippen molar-refractivity contribution in [2.75, 3.05) is 7.11 Å². The Balaban J connectivity index is 2.31. The summed E-state index contributed by atoms with van der Waals surface area (Å²) in [6, 6.07) is 5.31. The number of ether oxygens (including phenoxy) is 1. The van der Waals surface area contributed by atoms with Gasteiger partial charge in [0.25, 0.3) is 18.8 Å². The SMILES string of the molecule is COc1ccc(C(=O)N2NC(C(F)F)=CC2(O)C(F)F)cc1. The molecule has 0 spiro atoms. The number of halogens is 4. The molecular formula is C13H12F4N2O3. The van der Waals surface area contributed by atoms with Gasteiger partial charge in [-0.25, -0.2) is 22.6 Å². The molecule has 0 aromatic heterocycles. The number of nitrogens with zero attached hydrogens (tertiary/aromatic N) is 1. The highest BCUT2D eigenvalue weighted by Gasteiger charge is 2.51. The third-order valence-corrected chi connectivity index (χ3v) is 3.06. The molecule has 1 aliphatic heterocycles. The zero-order valence-electron chi connectivity index (χ0n) is 11.3. The van der Waals surface area contributed by atoms with Crippen LogP contribution < -0.4 is 10.2 Å². The molecule has 1 aromatic carbocycles. The average molecular weight is 320 g/mol. The van der Waals surface area contributed by atoms with Crippen molar-refractivity contribution in [3.8, 4) is 5.75 Å². The summed E-state index contributed by atoms with van der Waals surface area (Å²) in [5, 5.41) is 9.92. The fourth-order valence-corrected chi connectivity index (χ4v) is 1.89. The van der Waals surface area contributed by atoms with Crippen molar-refractivity contribution < 1.29 is 32.2 Å². The van der Waals surface area contributed by atoms with Gasteiger partial charge in [0.2, 0.25) is 5.72 Å². The van der Waals surface area contributed by atoms with Crippen LogP contribution in [0.3, 0.4) is 0 Å². The summed E-state index contributed by atoms with van der Waals surface area (Å²) in [5.74, 6) is -0.668. The number of alkyl halides is 4. The lowest BCUT2D eigenvalue weighted by Gasteiger charge is -2.31. The van der Waals surface area contributed by atoms with Crippen molar-refractivity contribution in [2.45, 2.75) is 18.6 Å². The second-order valence-electron chi connectivity index (χ2n) is 4.47. The highest BCUT2D eigenvalue weighted by atomic mass is 19.3. The molecular weight excluding hydrogens is 308 g/mol. The third kappa shape index (κ3) is 2.71. The van der Waals surface area contributed by atoms with Gasteiger partial charge in [-0.2, -0.15) is 0 Å². The van der Waals surface area contributed by atoms with E-state index in [1.165, 1.54) is 31.4 Å². The highest BCUT2D eigenvalue weighted by Crippen LogP contribution is 2.31. The molecule has 1 unspecified atom stereocenters. The van der Waals surface area contributed by atoms with E-state index in [0.29, 0.717) is 5.75 Å². The Morgan fingerprint density at radius 2 is 1.86 bits per heavy atom. The van der Waals surface area contributed by atoms with E-state index in [9.17, 15) is 27.5 Å². The minimum Gasteiger partial charge on any atom is -0.497 e. The number of carbonyl (C=O) groups excluding carboxylic acids is 1. The Hall–Kier alpha value is -2.29. The summed E-state index contributed by atoms with van der Waals surface area (Å²) in [7, 11) is 1.40. The van der Waals surface area contributed by atoms with Gasteiger partial charge in [0.1, 0.15) is 5.75 Å². The zero-order chi connectivity index (χ0) is 16.5. The minimum absolute atomic E-state index is 0.0843. The first-order chi connectivity index (χ1) is 10.3. The van der Waals surface area contributed by atoms with Crippen molar-refractivity contribution in [1.82, 2.24) is 10.4 Å². The molecule has 0 bridgehead atoms. The Bertz CT molecular complexity index is 591. The van der Waals surface area contributed by atoms with E-state index < -0.39 is 30.2 Å². The standard InChI is InChI=1S/C13H12F4N2O3/c1-22-8-4-2-7(3-5-8)11(20)19-13(21,12(16)17)6-9(18-19)10(14)15/h2-6,10,12,18,21H,1H3. The molecule has 0 saturated heterocycles. The lowest BCUT2D eigenvalue weighted by molar-refractivity contribution is -0.146. The molecule has 22 heavy (non-hydrogen) atoms. The number of nitrogens with one attached hydrogen (secondary N) is 1. The molecule has 1 amide bonds. The van der Waals surface area contributed by atoms with Crippen LogP contribution in [0.2, 0.25) is 0 Å². The summed E-state index contributed by atoms with van der Waals surface area (Å²) in [6.07, 6.45) is -6.37. The van der Waals surface area contributed by atoms with E-state index >= 15 is 0 Å². The van der Waals surface area contributed by atoms with Crippen molar-refractivity contribution in [2.24, 2.45) is 0 Å². The first-order valence-corrected chi connectivity index (χ1v) is 6.06. The predicted molar refractivity (Wildman–Crippen MR) is 67.3 cm³/mol. The number of carbonyl (C=O) groups is 1. The Labute approximate surface area is 122 Å². The summed E-state index contributed by atoms with van der Waals surface area (Å²) >= 11 is 0. The van der Waals surface area contributed by atoms with Gasteiger partial charge in [-0.15, -0.1) is 0 Å². The van der Waals surface area contributed by atoms with Crippen molar-refractivity contribution in [3.05, 3.63) is 41.6 Å². The average Bonchev–Trinajstić information content (AvgIpc) is 2.86. The molecule has 9 heteroatoms. The smallest absolute Gasteiger partial charge is 0.291 e. The van der Waals surface area contributed by atoms with Crippen LogP contribution in [0.4, 0.5) is 17.6 Å². The molecule has 1 aliphatic rings. The van der Waals surface area contributed by atoms with Crippen LogP contribution >= 0.6 is 0 Å². The molecule has 2 N–H and O–H groups in total.